The third-order valence-corrected chi connectivity index (χ3v) is 1.10. The summed E-state index contributed by atoms with van der Waals surface area (Å²) >= 11 is 0. The minimum absolute atomic E-state index is 0.184. The summed E-state index contributed by atoms with van der Waals surface area (Å²) in [7, 11) is 1.58. The molecule has 0 heterocycles. The molecule has 0 saturated carbocycles. The number of hydrogen-bond donors (Lipinski definition) is 1. The van der Waals surface area contributed by atoms with Gasteiger partial charge in [0.05, 0.1) is 0 Å². The van der Waals surface area contributed by atoms with Crippen LogP contribution >= 0.6 is 0 Å². The van der Waals surface area contributed by atoms with Gasteiger partial charge in [0.25, 0.3) is 0 Å². The van der Waals surface area contributed by atoms with E-state index in [2.05, 4.69) is 10.1 Å². The highest BCUT2D eigenvalue weighted by Crippen LogP contribution is 1.81. The molecule has 0 saturated heterocycles. The van der Waals surface area contributed by atoms with E-state index >= 15 is 0 Å². The van der Waals surface area contributed by atoms with Crippen LogP contribution < -0.4 is 5.32 Å². The summed E-state index contributed by atoms with van der Waals surface area (Å²) in [5, 5.41) is 2.44. The van der Waals surface area contributed by atoms with Gasteiger partial charge >= 0.3 is 6.09 Å². The molecule has 12 heavy (non-hydrogen) atoms. The number of halogens is 1. The molecule has 5 heteroatoms. The lowest BCUT2D eigenvalue weighted by Gasteiger charge is -2.04. The number of carbonyl (C=O) groups excluding carboxylic acids is 1. The molecule has 1 N–H and O–H groups in total. The second-order valence-electron chi connectivity index (χ2n) is 2.10. The number of carbonyl (C=O) groups is 1. The van der Waals surface area contributed by atoms with Crippen molar-refractivity contribution >= 4 is 6.09 Å². The van der Waals surface area contributed by atoms with Crippen LogP contribution in [0.2, 0.25) is 0 Å². The largest absolute Gasteiger partial charge is 0.447 e. The van der Waals surface area contributed by atoms with Gasteiger partial charge in [0.15, 0.2) is 0 Å². The Morgan fingerprint density at radius 2 is 2.25 bits per heavy atom. The number of alkyl carbamates (subject to hydrolysis) is 1. The zero-order valence-corrected chi connectivity index (χ0v) is 7.14. The molecule has 0 aliphatic heterocycles. The van der Waals surface area contributed by atoms with E-state index in [1.807, 2.05) is 0 Å². The SMILES string of the molecule is COCCCNC(=O)OCCF. The van der Waals surface area contributed by atoms with Crippen molar-refractivity contribution in [2.75, 3.05) is 33.5 Å². The third kappa shape index (κ3) is 7.27. The van der Waals surface area contributed by atoms with E-state index in [1.165, 1.54) is 0 Å². The molecule has 0 aliphatic rings. The maximum atomic E-state index is 11.5. The Labute approximate surface area is 71.0 Å². The van der Waals surface area contributed by atoms with Gasteiger partial charge in [0.2, 0.25) is 0 Å². The van der Waals surface area contributed by atoms with Crippen molar-refractivity contribution in [3.8, 4) is 0 Å². The highest BCUT2D eigenvalue weighted by atomic mass is 19.1. The molecular formula is C7H14FNO3. The van der Waals surface area contributed by atoms with Crippen molar-refractivity contribution in [1.29, 1.82) is 0 Å². The third-order valence-electron chi connectivity index (χ3n) is 1.10. The first-order valence-corrected chi connectivity index (χ1v) is 3.76. The maximum absolute atomic E-state index is 11.5. The Morgan fingerprint density at radius 3 is 2.83 bits per heavy atom. The molecule has 0 rings (SSSR count). The van der Waals surface area contributed by atoms with Crippen LogP contribution in [0.3, 0.4) is 0 Å². The zero-order valence-electron chi connectivity index (χ0n) is 7.14. The fourth-order valence-corrected chi connectivity index (χ4v) is 0.589. The Morgan fingerprint density at radius 1 is 1.50 bits per heavy atom. The Bertz CT molecular complexity index is 121. The van der Waals surface area contributed by atoms with E-state index in [9.17, 15) is 9.18 Å². The lowest BCUT2D eigenvalue weighted by molar-refractivity contribution is 0.135. The Kier molecular flexibility index (Phi) is 7.68. The average molecular weight is 179 g/mol. The Hall–Kier alpha value is -0.840. The monoisotopic (exact) mass is 179 g/mol. The summed E-state index contributed by atoms with van der Waals surface area (Å²) in [6.07, 6.45) is 0.144. The van der Waals surface area contributed by atoms with Gasteiger partial charge in [-0.1, -0.05) is 0 Å². The van der Waals surface area contributed by atoms with Crippen molar-refractivity contribution in [2.45, 2.75) is 6.42 Å². The van der Waals surface area contributed by atoms with Crippen molar-refractivity contribution in [3.05, 3.63) is 0 Å². The predicted molar refractivity (Wildman–Crippen MR) is 41.8 cm³/mol. The number of hydrogen-bond acceptors (Lipinski definition) is 3. The predicted octanol–water partition coefficient (Wildman–Crippen LogP) is 0.719. The topological polar surface area (TPSA) is 47.6 Å². The summed E-state index contributed by atoms with van der Waals surface area (Å²) in [4.78, 5) is 10.6. The molecule has 0 aromatic rings. The van der Waals surface area contributed by atoms with E-state index in [0.717, 1.165) is 6.42 Å². The van der Waals surface area contributed by atoms with E-state index in [4.69, 9.17) is 4.74 Å². The van der Waals surface area contributed by atoms with Crippen LogP contribution in [0.25, 0.3) is 0 Å². The fraction of sp³-hybridized carbons (Fsp3) is 0.857. The van der Waals surface area contributed by atoms with E-state index in [1.54, 1.807) is 7.11 Å². The number of ether oxygens (including phenoxy) is 2. The molecule has 0 aromatic carbocycles. The van der Waals surface area contributed by atoms with Gasteiger partial charge in [-0.05, 0) is 6.42 Å². The highest BCUT2D eigenvalue weighted by molar-refractivity contribution is 5.66. The summed E-state index contributed by atoms with van der Waals surface area (Å²) in [5.74, 6) is 0. The van der Waals surface area contributed by atoms with Gasteiger partial charge in [0, 0.05) is 20.3 Å². The molecule has 0 unspecified atom stereocenters. The van der Waals surface area contributed by atoms with E-state index < -0.39 is 12.8 Å². The molecule has 0 radical (unpaired) electrons. The summed E-state index contributed by atoms with van der Waals surface area (Å²) < 4.78 is 20.6. The van der Waals surface area contributed by atoms with Gasteiger partial charge < -0.3 is 14.8 Å². The number of alkyl halides is 1. The number of nitrogens with one attached hydrogen (secondary N) is 1. The molecule has 0 atom stereocenters. The van der Waals surface area contributed by atoms with Gasteiger partial charge in [-0.3, -0.25) is 0 Å². The van der Waals surface area contributed by atoms with Crippen LogP contribution in [-0.2, 0) is 9.47 Å². The van der Waals surface area contributed by atoms with Crippen molar-refractivity contribution in [1.82, 2.24) is 5.32 Å². The van der Waals surface area contributed by atoms with Crippen LogP contribution in [0.4, 0.5) is 9.18 Å². The van der Waals surface area contributed by atoms with Crippen molar-refractivity contribution < 1.29 is 18.7 Å². The van der Waals surface area contributed by atoms with E-state index in [0.29, 0.717) is 13.2 Å². The molecule has 0 aliphatic carbocycles. The fourth-order valence-electron chi connectivity index (χ4n) is 0.589. The van der Waals surface area contributed by atoms with Crippen LogP contribution in [0.15, 0.2) is 0 Å². The van der Waals surface area contributed by atoms with Gasteiger partial charge in [-0.15, -0.1) is 0 Å². The van der Waals surface area contributed by atoms with Crippen LogP contribution in [0.1, 0.15) is 6.42 Å². The van der Waals surface area contributed by atoms with Crippen molar-refractivity contribution in [3.63, 3.8) is 0 Å². The minimum atomic E-state index is -0.647. The minimum Gasteiger partial charge on any atom is -0.447 e. The standard InChI is InChI=1S/C7H14FNO3/c1-11-5-2-4-9-7(10)12-6-3-8/h2-6H2,1H3,(H,9,10). The second-order valence-corrected chi connectivity index (χ2v) is 2.10. The smallest absolute Gasteiger partial charge is 0.407 e. The molecule has 0 bridgehead atoms. The first-order valence-electron chi connectivity index (χ1n) is 3.76. The number of rotatable bonds is 6. The van der Waals surface area contributed by atoms with Crippen LogP contribution in [-0.4, -0.2) is 39.6 Å². The first-order chi connectivity index (χ1) is 5.81. The van der Waals surface area contributed by atoms with Gasteiger partial charge in [-0.25, -0.2) is 9.18 Å². The molecular weight excluding hydrogens is 165 g/mol. The summed E-state index contributed by atoms with van der Waals surface area (Å²) in [6, 6.07) is 0. The first kappa shape index (κ1) is 11.2. The molecule has 0 fully saturated rings. The highest BCUT2D eigenvalue weighted by Gasteiger charge is 1.98. The number of amides is 1. The lowest BCUT2D eigenvalue weighted by atomic mass is 10.4. The molecule has 72 valence electrons. The second kappa shape index (κ2) is 8.26. The normalized spacial score (nSPS) is 9.50. The van der Waals surface area contributed by atoms with Crippen LogP contribution in [0, 0.1) is 0 Å². The van der Waals surface area contributed by atoms with Gasteiger partial charge in [0.1, 0.15) is 13.3 Å². The zero-order chi connectivity index (χ0) is 9.23. The molecule has 1 amide bonds. The van der Waals surface area contributed by atoms with Crippen LogP contribution in [0.5, 0.6) is 0 Å². The van der Waals surface area contributed by atoms with E-state index in [-0.39, 0.29) is 6.61 Å². The Balaban J connectivity index is 3.08. The molecule has 4 nitrogen and oxygen atoms in total. The quantitative estimate of drug-likeness (QED) is 0.611. The lowest BCUT2D eigenvalue weighted by Crippen LogP contribution is -2.26. The molecule has 0 spiro atoms. The summed E-state index contributed by atoms with van der Waals surface area (Å²) in [6.45, 7) is 0.240. The average Bonchev–Trinajstić information content (AvgIpc) is 2.09. The summed E-state index contributed by atoms with van der Waals surface area (Å²) in [5.41, 5.74) is 0. The number of methoxy groups -OCH3 is 1. The van der Waals surface area contributed by atoms with Gasteiger partial charge in [-0.2, -0.15) is 0 Å². The molecule has 0 aromatic heterocycles. The van der Waals surface area contributed by atoms with Crippen molar-refractivity contribution in [2.24, 2.45) is 0 Å². The maximum Gasteiger partial charge on any atom is 0.407 e.